The number of halogens is 2. The summed E-state index contributed by atoms with van der Waals surface area (Å²) >= 11 is 7.75. The van der Waals surface area contributed by atoms with Gasteiger partial charge < -0.3 is 5.73 Å². The van der Waals surface area contributed by atoms with Gasteiger partial charge >= 0.3 is 0 Å². The van der Waals surface area contributed by atoms with Crippen molar-refractivity contribution in [3.63, 3.8) is 0 Å². The number of nitrogens with zero attached hydrogens (tertiary/aromatic N) is 2. The molecule has 3 nitrogen and oxygen atoms in total. The van der Waals surface area contributed by atoms with E-state index in [9.17, 15) is 4.39 Å². The zero-order valence-electron chi connectivity index (χ0n) is 9.28. The molecule has 6 heteroatoms. The van der Waals surface area contributed by atoms with Gasteiger partial charge in [0.2, 0.25) is 0 Å². The molecule has 1 aromatic carbocycles. The van der Waals surface area contributed by atoms with Crippen LogP contribution < -0.4 is 5.73 Å². The molecule has 1 aromatic heterocycles. The van der Waals surface area contributed by atoms with Crippen LogP contribution in [0.3, 0.4) is 0 Å². The third-order valence-corrected chi connectivity index (χ3v) is 4.07. The highest BCUT2D eigenvalue weighted by Crippen LogP contribution is 2.34. The first-order valence-electron chi connectivity index (χ1n) is 5.33. The monoisotopic (exact) mass is 281 g/mol. The maximum Gasteiger partial charge on any atom is 0.163 e. The Kier molecular flexibility index (Phi) is 2.87. The molecule has 92 valence electrons. The van der Waals surface area contributed by atoms with E-state index in [0.29, 0.717) is 22.2 Å². The Morgan fingerprint density at radius 3 is 2.89 bits per heavy atom. The van der Waals surface area contributed by atoms with Gasteiger partial charge in [0, 0.05) is 22.6 Å². The van der Waals surface area contributed by atoms with Crippen LogP contribution in [-0.2, 0) is 11.5 Å². The number of thioether (sulfide) groups is 1. The van der Waals surface area contributed by atoms with Gasteiger partial charge in [0.25, 0.3) is 0 Å². The minimum absolute atomic E-state index is 0.292. The third kappa shape index (κ3) is 1.93. The van der Waals surface area contributed by atoms with E-state index in [1.807, 2.05) is 0 Å². The summed E-state index contributed by atoms with van der Waals surface area (Å²) < 4.78 is 13.0. The highest BCUT2D eigenvalue weighted by Gasteiger charge is 2.19. The molecule has 0 fully saturated rings. The summed E-state index contributed by atoms with van der Waals surface area (Å²) in [5, 5.41) is 0.292. The number of hydrogen-bond donors (Lipinski definition) is 1. The van der Waals surface area contributed by atoms with Crippen molar-refractivity contribution in [2.24, 2.45) is 0 Å². The Hall–Kier alpha value is -1.33. The van der Waals surface area contributed by atoms with Crippen LogP contribution in [0.1, 0.15) is 11.3 Å². The Balaban J connectivity index is 2.15. The van der Waals surface area contributed by atoms with E-state index >= 15 is 0 Å². The van der Waals surface area contributed by atoms with Crippen molar-refractivity contribution >= 4 is 29.2 Å². The number of benzene rings is 1. The van der Waals surface area contributed by atoms with Crippen LogP contribution in [0.15, 0.2) is 18.2 Å². The summed E-state index contributed by atoms with van der Waals surface area (Å²) in [7, 11) is 0. The van der Waals surface area contributed by atoms with E-state index in [-0.39, 0.29) is 5.82 Å². The minimum atomic E-state index is -0.381. The van der Waals surface area contributed by atoms with Crippen molar-refractivity contribution in [2.75, 3.05) is 5.73 Å². The molecule has 0 amide bonds. The predicted molar refractivity (Wildman–Crippen MR) is 71.8 cm³/mol. The van der Waals surface area contributed by atoms with E-state index in [2.05, 4.69) is 9.97 Å². The number of nitrogens with two attached hydrogens (primary N) is 1. The summed E-state index contributed by atoms with van der Waals surface area (Å²) in [4.78, 5) is 8.71. The van der Waals surface area contributed by atoms with Crippen molar-refractivity contribution in [3.8, 4) is 11.4 Å². The Morgan fingerprint density at radius 1 is 1.28 bits per heavy atom. The molecule has 0 aliphatic carbocycles. The van der Waals surface area contributed by atoms with Gasteiger partial charge in [0.15, 0.2) is 5.82 Å². The molecular weight excluding hydrogens is 273 g/mol. The van der Waals surface area contributed by atoms with Crippen LogP contribution in [0.25, 0.3) is 11.4 Å². The number of anilines is 1. The van der Waals surface area contributed by atoms with Gasteiger partial charge in [-0.3, -0.25) is 0 Å². The van der Waals surface area contributed by atoms with Crippen LogP contribution in [0.5, 0.6) is 0 Å². The average molecular weight is 282 g/mol. The molecule has 2 N–H and O–H groups in total. The second kappa shape index (κ2) is 4.40. The van der Waals surface area contributed by atoms with E-state index in [0.717, 1.165) is 22.8 Å². The minimum Gasteiger partial charge on any atom is -0.383 e. The van der Waals surface area contributed by atoms with Crippen LogP contribution in [-0.4, -0.2) is 9.97 Å². The average Bonchev–Trinajstić information content (AvgIpc) is 2.77. The fourth-order valence-corrected chi connectivity index (χ4v) is 3.17. The third-order valence-electron chi connectivity index (χ3n) is 2.78. The predicted octanol–water partition coefficient (Wildman–Crippen LogP) is 3.27. The Bertz CT molecular complexity index is 633. The van der Waals surface area contributed by atoms with E-state index in [4.69, 9.17) is 17.3 Å². The lowest BCUT2D eigenvalue weighted by Crippen LogP contribution is -2.03. The second-order valence-electron chi connectivity index (χ2n) is 3.97. The van der Waals surface area contributed by atoms with Crippen LogP contribution >= 0.6 is 23.4 Å². The lowest BCUT2D eigenvalue weighted by atomic mass is 10.2. The Morgan fingerprint density at radius 2 is 2.11 bits per heavy atom. The lowest BCUT2D eigenvalue weighted by Gasteiger charge is -2.07. The molecule has 0 radical (unpaired) electrons. The van der Waals surface area contributed by atoms with Gasteiger partial charge in [-0.15, -0.1) is 0 Å². The normalized spacial score (nSPS) is 13.7. The summed E-state index contributed by atoms with van der Waals surface area (Å²) in [6, 6.07) is 4.15. The summed E-state index contributed by atoms with van der Waals surface area (Å²) in [5.74, 6) is 2.24. The maximum atomic E-state index is 13.0. The van der Waals surface area contributed by atoms with Crippen molar-refractivity contribution in [1.82, 2.24) is 9.97 Å². The number of aromatic nitrogens is 2. The topological polar surface area (TPSA) is 51.8 Å². The highest BCUT2D eigenvalue weighted by atomic mass is 35.5. The molecule has 1 aliphatic heterocycles. The Labute approximate surface area is 113 Å². The SMILES string of the molecule is Nc1nc(-c2ccc(F)cc2Cl)nc2c1CSC2. The molecule has 3 rings (SSSR count). The van der Waals surface area contributed by atoms with Crippen LogP contribution in [0.2, 0.25) is 5.02 Å². The van der Waals surface area contributed by atoms with Crippen LogP contribution in [0.4, 0.5) is 10.2 Å². The van der Waals surface area contributed by atoms with Gasteiger partial charge in [-0.05, 0) is 18.2 Å². The quantitative estimate of drug-likeness (QED) is 0.872. The standard InChI is InChI=1S/C12H9ClFN3S/c13-9-3-6(14)1-2-7(9)12-16-10-5-18-4-8(10)11(15)17-12/h1-3H,4-5H2,(H2,15,16,17). The van der Waals surface area contributed by atoms with Gasteiger partial charge in [-0.2, -0.15) is 11.8 Å². The molecule has 2 aromatic rings. The molecule has 2 heterocycles. The molecule has 0 atom stereocenters. The van der Waals surface area contributed by atoms with Crippen molar-refractivity contribution in [1.29, 1.82) is 0 Å². The number of fused-ring (bicyclic) bond motifs is 1. The molecule has 1 aliphatic rings. The number of nitrogen functional groups attached to an aromatic ring is 1. The van der Waals surface area contributed by atoms with E-state index in [1.54, 1.807) is 17.8 Å². The summed E-state index contributed by atoms with van der Waals surface area (Å²) in [5.41, 5.74) is 8.46. The summed E-state index contributed by atoms with van der Waals surface area (Å²) in [6.45, 7) is 0. The maximum absolute atomic E-state index is 13.0. The molecule has 0 spiro atoms. The number of rotatable bonds is 1. The van der Waals surface area contributed by atoms with Gasteiger partial charge in [0.05, 0.1) is 10.7 Å². The summed E-state index contributed by atoms with van der Waals surface area (Å²) in [6.07, 6.45) is 0. The number of hydrogen-bond acceptors (Lipinski definition) is 4. The van der Waals surface area contributed by atoms with Crippen molar-refractivity contribution < 1.29 is 4.39 Å². The van der Waals surface area contributed by atoms with Crippen molar-refractivity contribution in [2.45, 2.75) is 11.5 Å². The molecule has 0 saturated heterocycles. The largest absolute Gasteiger partial charge is 0.383 e. The molecule has 18 heavy (non-hydrogen) atoms. The fourth-order valence-electron chi connectivity index (χ4n) is 1.87. The molecular formula is C12H9ClFN3S. The first-order chi connectivity index (χ1) is 8.65. The second-order valence-corrected chi connectivity index (χ2v) is 5.37. The van der Waals surface area contributed by atoms with E-state index < -0.39 is 0 Å². The lowest BCUT2D eigenvalue weighted by molar-refractivity contribution is 0.628. The van der Waals surface area contributed by atoms with Gasteiger partial charge in [-0.1, -0.05) is 11.6 Å². The molecule has 0 bridgehead atoms. The van der Waals surface area contributed by atoms with Crippen LogP contribution in [0, 0.1) is 5.82 Å². The first-order valence-corrected chi connectivity index (χ1v) is 6.87. The zero-order valence-corrected chi connectivity index (χ0v) is 10.9. The fraction of sp³-hybridized carbons (Fsp3) is 0.167. The molecule has 0 saturated carbocycles. The van der Waals surface area contributed by atoms with Gasteiger partial charge in [0.1, 0.15) is 11.6 Å². The smallest absolute Gasteiger partial charge is 0.163 e. The van der Waals surface area contributed by atoms with Crippen molar-refractivity contribution in [3.05, 3.63) is 40.3 Å². The highest BCUT2D eigenvalue weighted by molar-refractivity contribution is 7.98. The zero-order chi connectivity index (χ0) is 12.7. The van der Waals surface area contributed by atoms with E-state index in [1.165, 1.54) is 12.1 Å². The van der Waals surface area contributed by atoms with Gasteiger partial charge in [-0.25, -0.2) is 14.4 Å². The first kappa shape index (κ1) is 11.7. The molecule has 0 unspecified atom stereocenters.